The van der Waals surface area contributed by atoms with Crippen LogP contribution in [0.5, 0.6) is 0 Å². The zero-order valence-corrected chi connectivity index (χ0v) is 16.6. The van der Waals surface area contributed by atoms with E-state index in [-0.39, 0.29) is 12.2 Å². The maximum absolute atomic E-state index is 13.4. The van der Waals surface area contributed by atoms with Crippen molar-refractivity contribution < 1.29 is 13.7 Å². The second-order valence-corrected chi connectivity index (χ2v) is 7.27. The van der Waals surface area contributed by atoms with Gasteiger partial charge in [-0.15, -0.1) is 0 Å². The van der Waals surface area contributed by atoms with Crippen LogP contribution in [-0.4, -0.2) is 20.8 Å². The minimum Gasteiger partial charge on any atom is -0.361 e. The fraction of sp³-hybridized carbons (Fsp3) is 0.133. The first kappa shape index (κ1) is 18.1. The molecule has 0 saturated heterocycles. The Kier molecular flexibility index (Phi) is 5.26. The molecular formula is C15H10Br2ClFN4O2. The monoisotopic (exact) mass is 490 g/mol. The number of hydrogen-bond acceptors (Lipinski definition) is 4. The fourth-order valence-electron chi connectivity index (χ4n) is 2.18. The number of nitrogens with zero attached hydrogens (tertiary/aromatic N) is 3. The summed E-state index contributed by atoms with van der Waals surface area (Å²) in [6.07, 6.45) is 3.12. The van der Waals surface area contributed by atoms with Gasteiger partial charge in [-0.25, -0.2) is 4.39 Å². The van der Waals surface area contributed by atoms with Crippen LogP contribution in [-0.2, 0) is 6.54 Å². The highest BCUT2D eigenvalue weighted by Crippen LogP contribution is 2.32. The van der Waals surface area contributed by atoms with E-state index in [4.69, 9.17) is 16.1 Å². The van der Waals surface area contributed by atoms with Crippen molar-refractivity contribution in [1.29, 1.82) is 0 Å². The number of aromatic nitrogens is 3. The maximum atomic E-state index is 13.4. The molecule has 1 amide bonds. The van der Waals surface area contributed by atoms with Crippen molar-refractivity contribution in [3.63, 3.8) is 0 Å². The molecule has 1 N–H and O–H groups in total. The molecule has 0 spiro atoms. The van der Waals surface area contributed by atoms with E-state index < -0.39 is 11.7 Å². The van der Waals surface area contributed by atoms with Crippen molar-refractivity contribution in [2.24, 2.45) is 0 Å². The van der Waals surface area contributed by atoms with E-state index >= 15 is 0 Å². The van der Waals surface area contributed by atoms with Gasteiger partial charge in [0.05, 0.1) is 23.5 Å². The van der Waals surface area contributed by atoms with Crippen LogP contribution in [0.2, 0.25) is 5.02 Å². The molecule has 0 aliphatic heterocycles. The molecule has 2 heterocycles. The van der Waals surface area contributed by atoms with E-state index in [1.807, 2.05) is 0 Å². The van der Waals surface area contributed by atoms with E-state index in [0.29, 0.717) is 31.0 Å². The molecule has 0 bridgehead atoms. The number of aryl methyl sites for hydroxylation is 1. The van der Waals surface area contributed by atoms with Crippen LogP contribution >= 0.6 is 43.5 Å². The highest BCUT2D eigenvalue weighted by molar-refractivity contribution is 9.11. The third kappa shape index (κ3) is 3.94. The van der Waals surface area contributed by atoms with E-state index in [1.54, 1.807) is 17.8 Å². The first-order valence-corrected chi connectivity index (χ1v) is 8.90. The smallest absolute Gasteiger partial charge is 0.278 e. The van der Waals surface area contributed by atoms with Gasteiger partial charge in [-0.05, 0) is 50.9 Å². The Balaban J connectivity index is 1.88. The fourth-order valence-corrected chi connectivity index (χ4v) is 3.66. The zero-order valence-electron chi connectivity index (χ0n) is 12.7. The molecule has 0 atom stereocenters. The average Bonchev–Trinajstić information content (AvgIpc) is 3.10. The summed E-state index contributed by atoms with van der Waals surface area (Å²) >= 11 is 12.3. The molecule has 25 heavy (non-hydrogen) atoms. The van der Waals surface area contributed by atoms with Crippen molar-refractivity contribution >= 4 is 55.1 Å². The van der Waals surface area contributed by atoms with Crippen LogP contribution in [0.4, 0.5) is 10.1 Å². The lowest BCUT2D eigenvalue weighted by molar-refractivity contribution is 0.101. The number of halogens is 4. The van der Waals surface area contributed by atoms with Gasteiger partial charge in [-0.3, -0.25) is 9.48 Å². The summed E-state index contributed by atoms with van der Waals surface area (Å²) in [4.78, 5) is 12.6. The number of carbonyl (C=O) groups is 1. The van der Waals surface area contributed by atoms with Crippen LogP contribution in [0.1, 0.15) is 21.8 Å². The van der Waals surface area contributed by atoms with Crippen LogP contribution in [0.15, 0.2) is 38.0 Å². The molecule has 0 aliphatic carbocycles. The minimum atomic E-state index is -0.488. The predicted octanol–water partition coefficient (Wildman–Crippen LogP) is 4.80. The van der Waals surface area contributed by atoms with E-state index in [0.717, 1.165) is 0 Å². The van der Waals surface area contributed by atoms with Crippen molar-refractivity contribution in [3.8, 4) is 0 Å². The Labute approximate surface area is 163 Å². The summed E-state index contributed by atoms with van der Waals surface area (Å²) in [6, 6.07) is 2.50. The Hall–Kier alpha value is -1.71. The molecule has 130 valence electrons. The highest BCUT2D eigenvalue weighted by atomic mass is 79.9. The number of carbonyl (C=O) groups excluding carboxylic acids is 1. The molecule has 2 aromatic heterocycles. The first-order valence-electron chi connectivity index (χ1n) is 6.94. The normalized spacial score (nSPS) is 10.9. The second kappa shape index (κ2) is 7.27. The summed E-state index contributed by atoms with van der Waals surface area (Å²) in [7, 11) is 0. The topological polar surface area (TPSA) is 73.0 Å². The van der Waals surface area contributed by atoms with Crippen LogP contribution in [0.3, 0.4) is 0 Å². The molecule has 0 saturated carbocycles. The van der Waals surface area contributed by atoms with Gasteiger partial charge < -0.3 is 9.84 Å². The highest BCUT2D eigenvalue weighted by Gasteiger charge is 2.22. The third-order valence-electron chi connectivity index (χ3n) is 3.37. The SMILES string of the molecule is Cc1onc(C(=O)Nc2c(Br)cc(F)cc2Br)c1Cn1cc(Cl)cn1. The summed E-state index contributed by atoms with van der Waals surface area (Å²) in [5.74, 6) is -0.433. The van der Waals surface area contributed by atoms with Gasteiger partial charge in [0.15, 0.2) is 5.69 Å². The van der Waals surface area contributed by atoms with Gasteiger partial charge in [0, 0.05) is 20.7 Å². The van der Waals surface area contributed by atoms with Crippen molar-refractivity contribution in [2.45, 2.75) is 13.5 Å². The summed E-state index contributed by atoms with van der Waals surface area (Å²) in [6.45, 7) is 1.98. The minimum absolute atomic E-state index is 0.118. The lowest BCUT2D eigenvalue weighted by atomic mass is 10.2. The van der Waals surface area contributed by atoms with Crippen molar-refractivity contribution in [2.75, 3.05) is 5.32 Å². The molecule has 10 heteroatoms. The van der Waals surface area contributed by atoms with Gasteiger partial charge in [0.1, 0.15) is 11.6 Å². The molecule has 0 unspecified atom stereocenters. The van der Waals surface area contributed by atoms with Gasteiger partial charge in [0.2, 0.25) is 0 Å². The second-order valence-electron chi connectivity index (χ2n) is 5.12. The number of amides is 1. The number of benzene rings is 1. The molecule has 1 aromatic carbocycles. The summed E-state index contributed by atoms with van der Waals surface area (Å²) in [5, 5.41) is 11.1. The lowest BCUT2D eigenvalue weighted by Gasteiger charge is -2.09. The number of anilines is 1. The Bertz CT molecular complexity index is 934. The molecule has 0 radical (unpaired) electrons. The largest absolute Gasteiger partial charge is 0.361 e. The van der Waals surface area contributed by atoms with E-state index in [1.165, 1.54) is 18.3 Å². The van der Waals surface area contributed by atoms with Gasteiger partial charge in [-0.1, -0.05) is 16.8 Å². The van der Waals surface area contributed by atoms with Gasteiger partial charge in [0.25, 0.3) is 5.91 Å². The first-order chi connectivity index (χ1) is 11.8. The summed E-state index contributed by atoms with van der Waals surface area (Å²) < 4.78 is 20.9. The molecular weight excluding hydrogens is 482 g/mol. The van der Waals surface area contributed by atoms with Crippen molar-refractivity contribution in [1.82, 2.24) is 14.9 Å². The molecule has 3 rings (SSSR count). The van der Waals surface area contributed by atoms with Crippen molar-refractivity contribution in [3.05, 3.63) is 61.3 Å². The number of nitrogens with one attached hydrogen (secondary N) is 1. The maximum Gasteiger partial charge on any atom is 0.278 e. The van der Waals surface area contributed by atoms with E-state index in [9.17, 15) is 9.18 Å². The quantitative estimate of drug-likeness (QED) is 0.568. The Morgan fingerprint density at radius 3 is 2.68 bits per heavy atom. The lowest BCUT2D eigenvalue weighted by Crippen LogP contribution is -2.16. The molecule has 0 aliphatic rings. The van der Waals surface area contributed by atoms with Gasteiger partial charge in [-0.2, -0.15) is 5.10 Å². The van der Waals surface area contributed by atoms with Crippen LogP contribution in [0.25, 0.3) is 0 Å². The molecule has 6 nitrogen and oxygen atoms in total. The summed E-state index contributed by atoms with van der Waals surface area (Å²) in [5.41, 5.74) is 1.08. The molecule has 0 fully saturated rings. The van der Waals surface area contributed by atoms with Crippen LogP contribution in [0, 0.1) is 12.7 Å². The number of rotatable bonds is 4. The van der Waals surface area contributed by atoms with Crippen LogP contribution < -0.4 is 5.32 Å². The van der Waals surface area contributed by atoms with Gasteiger partial charge >= 0.3 is 0 Å². The number of hydrogen-bond donors (Lipinski definition) is 1. The molecule has 3 aromatic rings. The Morgan fingerprint density at radius 1 is 1.40 bits per heavy atom. The zero-order chi connectivity index (χ0) is 18.1. The standard InChI is InChI=1S/C15H10Br2ClFN4O2/c1-7-10(6-23-5-8(18)4-20-23)13(22-25-7)15(24)21-14-11(16)2-9(19)3-12(14)17/h2-5H,6H2,1H3,(H,21,24). The third-order valence-corrected chi connectivity index (χ3v) is 4.81. The average molecular weight is 493 g/mol. The Morgan fingerprint density at radius 2 is 2.08 bits per heavy atom. The predicted molar refractivity (Wildman–Crippen MR) is 97.3 cm³/mol. The van der Waals surface area contributed by atoms with E-state index in [2.05, 4.69) is 47.4 Å².